The fraction of sp³-hybridized carbons (Fsp3) is 0.480. The van der Waals surface area contributed by atoms with Crippen molar-refractivity contribution in [2.24, 2.45) is 0 Å². The highest BCUT2D eigenvalue weighted by atomic mass is 17.1. The molecule has 0 saturated carbocycles. The Hall–Kier alpha value is -2.53. The summed E-state index contributed by atoms with van der Waals surface area (Å²) in [5.41, 5.74) is 1.71. The number of benzene rings is 2. The number of ether oxygens (including phenoxy) is 3. The number of carbonyl (C=O) groups excluding carboxylic acids is 1. The molecule has 1 fully saturated rings. The molecule has 0 bridgehead atoms. The van der Waals surface area contributed by atoms with Gasteiger partial charge in [0.05, 0.1) is 6.61 Å². The van der Waals surface area contributed by atoms with Crippen LogP contribution >= 0.6 is 0 Å². The molecule has 9 nitrogen and oxygen atoms in total. The Kier molecular flexibility index (Phi) is 8.64. The number of rotatable bonds is 9. The Labute approximate surface area is 198 Å². The Bertz CT molecular complexity index is 957. The third kappa shape index (κ3) is 5.93. The van der Waals surface area contributed by atoms with E-state index in [-0.39, 0.29) is 6.61 Å². The van der Waals surface area contributed by atoms with Gasteiger partial charge in [-0.25, -0.2) is 4.89 Å². The van der Waals surface area contributed by atoms with E-state index < -0.39 is 42.8 Å². The zero-order valence-corrected chi connectivity index (χ0v) is 19.5. The second-order valence-corrected chi connectivity index (χ2v) is 8.60. The highest BCUT2D eigenvalue weighted by Crippen LogP contribution is 2.34. The Balaban J connectivity index is 1.94. The van der Waals surface area contributed by atoms with Gasteiger partial charge in [-0.05, 0) is 41.7 Å². The summed E-state index contributed by atoms with van der Waals surface area (Å²) in [7, 11) is 0. The van der Waals surface area contributed by atoms with Gasteiger partial charge in [0.25, 0.3) is 0 Å². The van der Waals surface area contributed by atoms with Crippen molar-refractivity contribution in [2.45, 2.75) is 70.4 Å². The number of aliphatic hydroxyl groups is 3. The average molecular weight is 477 g/mol. The van der Waals surface area contributed by atoms with Crippen molar-refractivity contribution >= 4 is 5.97 Å². The minimum absolute atomic E-state index is 0.223. The fourth-order valence-electron chi connectivity index (χ4n) is 3.92. The van der Waals surface area contributed by atoms with Crippen LogP contribution in [0.4, 0.5) is 0 Å². The van der Waals surface area contributed by atoms with Crippen molar-refractivity contribution in [3.63, 3.8) is 0 Å². The molecule has 5 atom stereocenters. The highest BCUT2D eigenvalue weighted by Gasteiger charge is 2.55. The topological polar surface area (TPSA) is 135 Å². The van der Waals surface area contributed by atoms with E-state index in [4.69, 9.17) is 19.5 Å². The van der Waals surface area contributed by atoms with Crippen LogP contribution in [0.3, 0.4) is 0 Å². The van der Waals surface area contributed by atoms with Gasteiger partial charge in [0.15, 0.2) is 6.10 Å². The van der Waals surface area contributed by atoms with Gasteiger partial charge in [-0.3, -0.25) is 10.1 Å². The molecule has 0 aliphatic carbocycles. The van der Waals surface area contributed by atoms with Gasteiger partial charge in [-0.15, -0.1) is 0 Å². The van der Waals surface area contributed by atoms with Crippen molar-refractivity contribution < 1.29 is 44.5 Å². The fourth-order valence-corrected chi connectivity index (χ4v) is 3.92. The molecule has 0 unspecified atom stereocenters. The summed E-state index contributed by atoms with van der Waals surface area (Å²) in [5, 5.41) is 40.0. The molecule has 186 valence electrons. The van der Waals surface area contributed by atoms with Crippen molar-refractivity contribution in [2.75, 3.05) is 6.61 Å². The molecule has 0 amide bonds. The van der Waals surface area contributed by atoms with Gasteiger partial charge in [0.2, 0.25) is 6.29 Å². The number of aryl methyl sites for hydroxylation is 1. The minimum atomic E-state index is -1.90. The molecule has 1 aliphatic rings. The van der Waals surface area contributed by atoms with E-state index in [0.717, 1.165) is 17.5 Å². The molecule has 3 rings (SSSR count). The van der Waals surface area contributed by atoms with Crippen LogP contribution in [0.2, 0.25) is 0 Å². The molecule has 2 aromatic rings. The molecule has 1 heterocycles. The van der Waals surface area contributed by atoms with E-state index in [1.165, 1.54) is 19.4 Å². The molecule has 4 N–H and O–H groups in total. The van der Waals surface area contributed by atoms with Crippen LogP contribution in [0.25, 0.3) is 0 Å². The molecule has 34 heavy (non-hydrogen) atoms. The average Bonchev–Trinajstić information content (AvgIpc) is 2.81. The summed E-state index contributed by atoms with van der Waals surface area (Å²) in [6.45, 7) is 3.85. The maximum atomic E-state index is 11.7. The second kappa shape index (κ2) is 11.3. The highest BCUT2D eigenvalue weighted by molar-refractivity contribution is 5.66. The molecule has 2 aromatic carbocycles. The van der Waals surface area contributed by atoms with Crippen LogP contribution in [-0.4, -0.2) is 63.4 Å². The number of hydrogen-bond acceptors (Lipinski definition) is 9. The number of esters is 1. The number of hydrogen-bond donors (Lipinski definition) is 4. The van der Waals surface area contributed by atoms with E-state index in [2.05, 4.69) is 23.9 Å². The van der Waals surface area contributed by atoms with Crippen LogP contribution in [0.5, 0.6) is 5.75 Å². The lowest BCUT2D eigenvalue weighted by Gasteiger charge is -2.47. The van der Waals surface area contributed by atoms with Gasteiger partial charge in [-0.2, -0.15) is 0 Å². The van der Waals surface area contributed by atoms with Crippen molar-refractivity contribution in [3.05, 3.63) is 64.7 Å². The molecular formula is C25H32O9. The smallest absolute Gasteiger partial charge is 0.303 e. The predicted octanol–water partition coefficient (Wildman–Crippen LogP) is 1.97. The molecular weight excluding hydrogens is 444 g/mol. The first-order valence-electron chi connectivity index (χ1n) is 11.2. The zero-order chi connectivity index (χ0) is 24.9. The van der Waals surface area contributed by atoms with E-state index in [1.54, 1.807) is 12.1 Å². The Morgan fingerprint density at radius 3 is 2.35 bits per heavy atom. The second-order valence-electron chi connectivity index (χ2n) is 8.60. The van der Waals surface area contributed by atoms with Gasteiger partial charge in [0, 0.05) is 13.3 Å². The molecule has 0 radical (unpaired) electrons. The van der Waals surface area contributed by atoms with Crippen molar-refractivity contribution in [3.8, 4) is 5.75 Å². The standard InChI is InChI=1S/C25H32O9/c1-4-16-5-7-17(8-6-16)11-19-10-9-18(13-26)12-20(19)33-24-22(32-15(2)27)23(28)25(3,29)21(34-24)14-31-30/h5-10,12,21-24,26,28-30H,4,11,13-14H2,1-3H3/t21-,22-,23-,24-,25-/m1/s1. The van der Waals surface area contributed by atoms with Crippen LogP contribution in [0, 0.1) is 0 Å². The van der Waals surface area contributed by atoms with E-state index >= 15 is 0 Å². The summed E-state index contributed by atoms with van der Waals surface area (Å²) in [6, 6.07) is 13.4. The molecule has 0 aromatic heterocycles. The third-order valence-electron chi connectivity index (χ3n) is 6.04. The third-order valence-corrected chi connectivity index (χ3v) is 6.04. The van der Waals surface area contributed by atoms with Crippen LogP contribution < -0.4 is 4.74 Å². The summed E-state index contributed by atoms with van der Waals surface area (Å²) >= 11 is 0. The predicted molar refractivity (Wildman–Crippen MR) is 121 cm³/mol. The lowest BCUT2D eigenvalue weighted by molar-refractivity contribution is -0.341. The molecule has 9 heteroatoms. The first-order valence-corrected chi connectivity index (χ1v) is 11.2. The van der Waals surface area contributed by atoms with Crippen LogP contribution in [0.1, 0.15) is 43.0 Å². The number of aliphatic hydroxyl groups excluding tert-OH is 2. The molecule has 1 aliphatic heterocycles. The minimum Gasteiger partial charge on any atom is -0.460 e. The molecule has 1 saturated heterocycles. The monoisotopic (exact) mass is 476 g/mol. The van der Waals surface area contributed by atoms with Crippen molar-refractivity contribution in [1.29, 1.82) is 0 Å². The summed E-state index contributed by atoms with van der Waals surface area (Å²) < 4.78 is 17.1. The lowest BCUT2D eigenvalue weighted by Crippen LogP contribution is -2.67. The summed E-state index contributed by atoms with van der Waals surface area (Å²) in [4.78, 5) is 15.9. The maximum absolute atomic E-state index is 11.7. The van der Waals surface area contributed by atoms with E-state index in [0.29, 0.717) is 17.7 Å². The normalized spacial score (nSPS) is 26.8. The zero-order valence-electron chi connectivity index (χ0n) is 19.5. The Morgan fingerprint density at radius 1 is 1.12 bits per heavy atom. The summed E-state index contributed by atoms with van der Waals surface area (Å²) in [6.07, 6.45) is -4.02. The Morgan fingerprint density at radius 2 is 1.76 bits per heavy atom. The van der Waals surface area contributed by atoms with Crippen LogP contribution in [-0.2, 0) is 38.6 Å². The van der Waals surface area contributed by atoms with Gasteiger partial charge in [0.1, 0.15) is 30.2 Å². The van der Waals surface area contributed by atoms with Gasteiger partial charge in [-0.1, -0.05) is 43.3 Å². The maximum Gasteiger partial charge on any atom is 0.303 e. The van der Waals surface area contributed by atoms with Gasteiger partial charge >= 0.3 is 5.97 Å². The SMILES string of the molecule is CCc1ccc(Cc2ccc(CO)cc2O[C@@H]2O[C@H](COO)[C@@](C)(O)[C@H](O)[C@H]2OC(C)=O)cc1. The van der Waals surface area contributed by atoms with E-state index in [1.807, 2.05) is 18.2 Å². The first kappa shape index (κ1) is 26.1. The first-order chi connectivity index (χ1) is 16.2. The lowest BCUT2D eigenvalue weighted by atomic mass is 9.86. The summed E-state index contributed by atoms with van der Waals surface area (Å²) in [5.74, 6) is -0.347. The largest absolute Gasteiger partial charge is 0.460 e. The quantitative estimate of drug-likeness (QED) is 0.243. The molecule has 0 spiro atoms. The van der Waals surface area contributed by atoms with E-state index in [9.17, 15) is 20.1 Å². The van der Waals surface area contributed by atoms with Crippen molar-refractivity contribution in [1.82, 2.24) is 0 Å². The number of carbonyl (C=O) groups is 1. The van der Waals surface area contributed by atoms with Gasteiger partial charge < -0.3 is 29.5 Å². The van der Waals surface area contributed by atoms with Crippen LogP contribution in [0.15, 0.2) is 42.5 Å².